The molecule has 0 aromatic carbocycles. The van der Waals surface area contributed by atoms with Crippen LogP contribution in [0.15, 0.2) is 36.0 Å². The molecule has 0 bridgehead atoms. The lowest BCUT2D eigenvalue weighted by molar-refractivity contribution is 0.808. The highest BCUT2D eigenvalue weighted by atomic mass is 32.1. The van der Waals surface area contributed by atoms with Crippen LogP contribution in [0.3, 0.4) is 0 Å². The summed E-state index contributed by atoms with van der Waals surface area (Å²) in [7, 11) is 0. The smallest absolute Gasteiger partial charge is 0.133 e. The van der Waals surface area contributed by atoms with Crippen LogP contribution in [0, 0.1) is 0 Å². The van der Waals surface area contributed by atoms with Gasteiger partial charge in [0.15, 0.2) is 0 Å². The fraction of sp³-hybridized carbons (Fsp3) is 0.286. The minimum Gasteiger partial charge on any atom is -0.364 e. The molecule has 0 amide bonds. The maximum atomic E-state index is 4.53. The van der Waals surface area contributed by atoms with Crippen molar-refractivity contribution in [2.45, 2.75) is 25.3 Å². The second kappa shape index (κ2) is 5.25. The number of nitrogens with zero attached hydrogens (tertiary/aromatic N) is 5. The van der Waals surface area contributed by atoms with Gasteiger partial charge in [0.25, 0.3) is 0 Å². The summed E-state index contributed by atoms with van der Waals surface area (Å²) in [4.78, 5) is 8.84. The summed E-state index contributed by atoms with van der Waals surface area (Å²) in [6.45, 7) is 0.604. The topological polar surface area (TPSA) is 68.5 Å². The minimum absolute atomic E-state index is 0.562. The van der Waals surface area contributed by atoms with Gasteiger partial charge in [-0.25, -0.2) is 14.6 Å². The Bertz CT molecular complexity index is 732. The molecule has 1 fully saturated rings. The maximum absolute atomic E-state index is 4.53. The van der Waals surface area contributed by atoms with Gasteiger partial charge in [-0.15, -0.1) is 16.4 Å². The van der Waals surface area contributed by atoms with Crippen LogP contribution in [0.1, 0.15) is 30.3 Å². The Kier molecular flexibility index (Phi) is 3.11. The molecule has 7 heteroatoms. The standard InChI is InChI=1S/C14H14N6S/c1-2-13(21-7-1)20-9-11(18-19-20)8-16-12-5-6-15-14(17-12)10-3-4-10/h1-2,5-7,9-10H,3-4,8H2,(H,15,16,17). The monoisotopic (exact) mass is 298 g/mol. The van der Waals surface area contributed by atoms with Crippen molar-refractivity contribution in [3.63, 3.8) is 0 Å². The molecule has 3 aromatic rings. The molecule has 0 aliphatic heterocycles. The van der Waals surface area contributed by atoms with Crippen LogP contribution in [0.25, 0.3) is 5.00 Å². The van der Waals surface area contributed by atoms with Gasteiger partial charge in [0.2, 0.25) is 0 Å². The molecule has 3 heterocycles. The minimum atomic E-state index is 0.562. The quantitative estimate of drug-likeness (QED) is 0.784. The van der Waals surface area contributed by atoms with E-state index in [1.165, 1.54) is 12.8 Å². The molecule has 0 unspecified atom stereocenters. The van der Waals surface area contributed by atoms with Crippen molar-refractivity contribution in [3.8, 4) is 5.00 Å². The molecule has 0 radical (unpaired) electrons. The van der Waals surface area contributed by atoms with Crippen LogP contribution < -0.4 is 5.32 Å². The third-order valence-corrected chi connectivity index (χ3v) is 4.20. The molecule has 4 rings (SSSR count). The molecule has 106 valence electrons. The summed E-state index contributed by atoms with van der Waals surface area (Å²) < 4.78 is 1.79. The average molecular weight is 298 g/mol. The normalized spacial score (nSPS) is 14.3. The highest BCUT2D eigenvalue weighted by molar-refractivity contribution is 7.12. The first-order valence-electron chi connectivity index (χ1n) is 6.90. The SMILES string of the molecule is c1csc(-n2cc(CNc3ccnc(C4CC4)n3)nn2)c1. The van der Waals surface area contributed by atoms with Crippen molar-refractivity contribution in [2.75, 3.05) is 5.32 Å². The fourth-order valence-electron chi connectivity index (χ4n) is 2.08. The first kappa shape index (κ1) is 12.5. The van der Waals surface area contributed by atoms with Gasteiger partial charge in [-0.2, -0.15) is 0 Å². The lowest BCUT2D eigenvalue weighted by atomic mass is 10.4. The van der Waals surface area contributed by atoms with Gasteiger partial charge >= 0.3 is 0 Å². The van der Waals surface area contributed by atoms with Gasteiger partial charge in [-0.1, -0.05) is 5.21 Å². The summed E-state index contributed by atoms with van der Waals surface area (Å²) in [5, 5.41) is 14.7. The van der Waals surface area contributed by atoms with E-state index < -0.39 is 0 Å². The average Bonchev–Trinajstić information content (AvgIpc) is 3.02. The number of hydrogen-bond acceptors (Lipinski definition) is 6. The second-order valence-corrected chi connectivity index (χ2v) is 5.96. The van der Waals surface area contributed by atoms with E-state index >= 15 is 0 Å². The Hall–Kier alpha value is -2.28. The molecule has 1 N–H and O–H groups in total. The number of nitrogens with one attached hydrogen (secondary N) is 1. The first-order chi connectivity index (χ1) is 10.4. The summed E-state index contributed by atoms with van der Waals surface area (Å²) in [5.41, 5.74) is 0.884. The van der Waals surface area contributed by atoms with Crippen molar-refractivity contribution in [1.82, 2.24) is 25.0 Å². The predicted molar refractivity (Wildman–Crippen MR) is 80.6 cm³/mol. The molecular formula is C14H14N6S. The number of aromatic nitrogens is 5. The third-order valence-electron chi connectivity index (χ3n) is 3.34. The second-order valence-electron chi connectivity index (χ2n) is 5.03. The van der Waals surface area contributed by atoms with Crippen LogP contribution in [-0.2, 0) is 6.54 Å². The number of hydrogen-bond donors (Lipinski definition) is 1. The fourth-order valence-corrected chi connectivity index (χ4v) is 2.73. The van der Waals surface area contributed by atoms with Crippen LogP contribution in [0.4, 0.5) is 5.82 Å². The maximum Gasteiger partial charge on any atom is 0.133 e. The van der Waals surface area contributed by atoms with Gasteiger partial charge in [0.05, 0.1) is 12.7 Å². The van der Waals surface area contributed by atoms with Crippen molar-refractivity contribution in [2.24, 2.45) is 0 Å². The van der Waals surface area contributed by atoms with E-state index in [-0.39, 0.29) is 0 Å². The number of anilines is 1. The van der Waals surface area contributed by atoms with Crippen molar-refractivity contribution >= 4 is 17.2 Å². The van der Waals surface area contributed by atoms with E-state index in [4.69, 9.17) is 0 Å². The van der Waals surface area contributed by atoms with Crippen LogP contribution in [0.2, 0.25) is 0 Å². The van der Waals surface area contributed by atoms with Crippen molar-refractivity contribution in [3.05, 3.63) is 47.5 Å². The van der Waals surface area contributed by atoms with Crippen molar-refractivity contribution in [1.29, 1.82) is 0 Å². The Labute approximate surface area is 125 Å². The molecule has 0 saturated heterocycles. The Morgan fingerprint density at radius 2 is 2.29 bits per heavy atom. The lowest BCUT2D eigenvalue weighted by Crippen LogP contribution is -2.04. The zero-order valence-electron chi connectivity index (χ0n) is 11.3. The van der Waals surface area contributed by atoms with Gasteiger partial charge in [-0.3, -0.25) is 0 Å². The molecule has 21 heavy (non-hydrogen) atoms. The van der Waals surface area contributed by atoms with E-state index in [9.17, 15) is 0 Å². The number of rotatable bonds is 5. The molecule has 0 spiro atoms. The largest absolute Gasteiger partial charge is 0.364 e. The highest BCUT2D eigenvalue weighted by Gasteiger charge is 2.26. The Morgan fingerprint density at radius 3 is 3.10 bits per heavy atom. The Morgan fingerprint density at radius 1 is 1.33 bits per heavy atom. The summed E-state index contributed by atoms with van der Waals surface area (Å²) in [6, 6.07) is 5.90. The van der Waals surface area contributed by atoms with E-state index in [0.717, 1.165) is 22.3 Å². The van der Waals surface area contributed by atoms with Gasteiger partial charge in [0.1, 0.15) is 22.3 Å². The van der Waals surface area contributed by atoms with E-state index in [1.807, 2.05) is 36.0 Å². The molecule has 1 aliphatic carbocycles. The predicted octanol–water partition coefficient (Wildman–Crippen LogP) is 2.61. The van der Waals surface area contributed by atoms with Crippen LogP contribution in [0.5, 0.6) is 0 Å². The van der Waals surface area contributed by atoms with Crippen LogP contribution >= 0.6 is 11.3 Å². The molecule has 1 aliphatic rings. The zero-order chi connectivity index (χ0) is 14.1. The third kappa shape index (κ3) is 2.78. The molecule has 1 saturated carbocycles. The lowest BCUT2D eigenvalue weighted by Gasteiger charge is -2.04. The van der Waals surface area contributed by atoms with Gasteiger partial charge in [-0.05, 0) is 36.4 Å². The Balaban J connectivity index is 1.43. The summed E-state index contributed by atoms with van der Waals surface area (Å²) >= 11 is 1.64. The number of thiophene rings is 1. The summed E-state index contributed by atoms with van der Waals surface area (Å²) in [6.07, 6.45) is 6.16. The van der Waals surface area contributed by atoms with Crippen molar-refractivity contribution < 1.29 is 0 Å². The molecular weight excluding hydrogens is 284 g/mol. The summed E-state index contributed by atoms with van der Waals surface area (Å²) in [5.74, 6) is 2.35. The van der Waals surface area contributed by atoms with Gasteiger partial charge < -0.3 is 5.32 Å². The van der Waals surface area contributed by atoms with E-state index in [0.29, 0.717) is 12.5 Å². The van der Waals surface area contributed by atoms with E-state index in [2.05, 4.69) is 25.6 Å². The molecule has 3 aromatic heterocycles. The van der Waals surface area contributed by atoms with E-state index in [1.54, 1.807) is 16.0 Å². The van der Waals surface area contributed by atoms with Crippen LogP contribution in [-0.4, -0.2) is 25.0 Å². The molecule has 6 nitrogen and oxygen atoms in total. The molecule has 0 atom stereocenters. The van der Waals surface area contributed by atoms with Gasteiger partial charge in [0, 0.05) is 12.1 Å². The zero-order valence-corrected chi connectivity index (χ0v) is 12.1. The highest BCUT2D eigenvalue weighted by Crippen LogP contribution is 2.38. The first-order valence-corrected chi connectivity index (χ1v) is 7.78.